The van der Waals surface area contributed by atoms with Gasteiger partial charge in [0.1, 0.15) is 22.8 Å². The Morgan fingerprint density at radius 3 is 2.70 bits per heavy atom. The lowest BCUT2D eigenvalue weighted by molar-refractivity contribution is -0.111. The van der Waals surface area contributed by atoms with Crippen molar-refractivity contribution in [1.29, 1.82) is 5.26 Å². The first-order valence-corrected chi connectivity index (χ1v) is 10.1. The highest BCUT2D eigenvalue weighted by molar-refractivity contribution is 5.89. The molecule has 1 amide bonds. The number of aromatic amines is 1. The lowest BCUT2D eigenvalue weighted by atomic mass is 10.1. The van der Waals surface area contributed by atoms with Gasteiger partial charge in [0.25, 0.3) is 0 Å². The summed E-state index contributed by atoms with van der Waals surface area (Å²) in [5.41, 5.74) is 8.20. The van der Waals surface area contributed by atoms with Gasteiger partial charge in [-0.05, 0) is 46.1 Å². The third-order valence-electron chi connectivity index (χ3n) is 4.69. The van der Waals surface area contributed by atoms with E-state index < -0.39 is 5.66 Å². The largest absolute Gasteiger partial charge is 0.463 e. The second kappa shape index (κ2) is 12.2. The van der Waals surface area contributed by atoms with E-state index in [1.807, 2.05) is 13.8 Å². The molecule has 0 aromatic carbocycles. The topological polar surface area (TPSA) is 142 Å². The molecule has 0 unspecified atom stereocenters. The molecule has 0 atom stereocenters. The highest BCUT2D eigenvalue weighted by atomic mass is 35.5. The zero-order valence-corrected chi connectivity index (χ0v) is 18.7. The standard InChI is InChI=1S/C20H31N7O2.ClH/c1-4-5-11-29-19-26-16-14(15(12-21)25-17(16)18(22)27-19)9-7-6-8-10-23-20(2,3)24-13-28;/h13,23,25H,4-11H2,1-3H3,(H,24,28)(H2,22,26,27);1H. The van der Waals surface area contributed by atoms with E-state index in [-0.39, 0.29) is 18.4 Å². The van der Waals surface area contributed by atoms with Crippen LogP contribution in [0.3, 0.4) is 0 Å². The third kappa shape index (κ3) is 7.04. The number of nitrogens with two attached hydrogens (primary N) is 1. The maximum atomic E-state index is 10.6. The van der Waals surface area contributed by atoms with Crippen LogP contribution in [0.5, 0.6) is 6.01 Å². The first-order valence-electron chi connectivity index (χ1n) is 10.1. The molecule has 0 radical (unpaired) electrons. The summed E-state index contributed by atoms with van der Waals surface area (Å²) in [4.78, 5) is 22.3. The lowest BCUT2D eigenvalue weighted by Crippen LogP contribution is -2.51. The summed E-state index contributed by atoms with van der Waals surface area (Å²) in [6.07, 6.45) is 6.17. The van der Waals surface area contributed by atoms with Crippen molar-refractivity contribution in [2.45, 2.75) is 65.0 Å². The van der Waals surface area contributed by atoms with Crippen LogP contribution in [0.2, 0.25) is 0 Å². The highest BCUT2D eigenvalue weighted by Crippen LogP contribution is 2.27. The Hall–Kier alpha value is -2.57. The number of hydrogen-bond acceptors (Lipinski definition) is 7. The van der Waals surface area contributed by atoms with Crippen LogP contribution in [0.15, 0.2) is 0 Å². The number of hydrogen-bond donors (Lipinski definition) is 4. The van der Waals surface area contributed by atoms with Gasteiger partial charge in [-0.1, -0.05) is 19.8 Å². The first-order chi connectivity index (χ1) is 13.9. The number of carbonyl (C=O) groups is 1. The van der Waals surface area contributed by atoms with Crippen LogP contribution < -0.4 is 21.1 Å². The van der Waals surface area contributed by atoms with E-state index in [1.54, 1.807) is 0 Å². The molecule has 0 saturated heterocycles. The summed E-state index contributed by atoms with van der Waals surface area (Å²) >= 11 is 0. The van der Waals surface area contributed by atoms with Gasteiger partial charge in [-0.2, -0.15) is 15.2 Å². The summed E-state index contributed by atoms with van der Waals surface area (Å²) in [5.74, 6) is 0.290. The SMILES string of the molecule is CCCCOc1nc(N)c2[nH]c(C#N)c(CCCCCNC(C)(C)NC=O)c2n1.Cl. The predicted molar refractivity (Wildman–Crippen MR) is 120 cm³/mol. The number of nitriles is 1. The molecule has 0 aliphatic heterocycles. The van der Waals surface area contributed by atoms with E-state index in [1.165, 1.54) is 0 Å². The Bertz CT molecular complexity index is 861. The maximum absolute atomic E-state index is 10.6. The number of amides is 1. The number of ether oxygens (including phenoxy) is 1. The summed E-state index contributed by atoms with van der Waals surface area (Å²) in [6.45, 7) is 7.24. The number of H-pyrrole nitrogens is 1. The molecule has 2 heterocycles. The third-order valence-corrected chi connectivity index (χ3v) is 4.69. The van der Waals surface area contributed by atoms with Crippen molar-refractivity contribution in [3.8, 4) is 12.1 Å². The minimum absolute atomic E-state index is 0. The monoisotopic (exact) mass is 437 g/mol. The van der Waals surface area contributed by atoms with Gasteiger partial charge >= 0.3 is 6.01 Å². The van der Waals surface area contributed by atoms with Gasteiger partial charge in [-0.3, -0.25) is 10.1 Å². The normalized spacial score (nSPS) is 11.0. The molecule has 2 aromatic rings. The Morgan fingerprint density at radius 2 is 2.03 bits per heavy atom. The summed E-state index contributed by atoms with van der Waals surface area (Å²) in [5, 5.41) is 15.5. The molecule has 0 bridgehead atoms. The van der Waals surface area contributed by atoms with Crippen LogP contribution in [0.25, 0.3) is 11.0 Å². The van der Waals surface area contributed by atoms with Gasteiger partial charge in [-0.25, -0.2) is 0 Å². The number of aryl methyl sites for hydroxylation is 1. The van der Waals surface area contributed by atoms with Crippen LogP contribution >= 0.6 is 12.4 Å². The fourth-order valence-electron chi connectivity index (χ4n) is 3.03. The Morgan fingerprint density at radius 1 is 1.27 bits per heavy atom. The van der Waals surface area contributed by atoms with Crippen molar-refractivity contribution >= 4 is 35.7 Å². The van der Waals surface area contributed by atoms with E-state index in [9.17, 15) is 10.1 Å². The van der Waals surface area contributed by atoms with E-state index in [0.29, 0.717) is 42.0 Å². The number of halogens is 1. The molecule has 0 aliphatic rings. The number of anilines is 1. The quantitative estimate of drug-likeness (QED) is 0.214. The molecule has 0 aliphatic carbocycles. The van der Waals surface area contributed by atoms with Crippen molar-refractivity contribution in [3.63, 3.8) is 0 Å². The number of nitrogens with one attached hydrogen (secondary N) is 3. The van der Waals surface area contributed by atoms with Crippen molar-refractivity contribution < 1.29 is 9.53 Å². The van der Waals surface area contributed by atoms with Crippen LogP contribution in [0, 0.1) is 11.3 Å². The number of fused-ring (bicyclic) bond motifs is 1. The molecule has 166 valence electrons. The fourth-order valence-corrected chi connectivity index (χ4v) is 3.03. The minimum atomic E-state index is -0.421. The summed E-state index contributed by atoms with van der Waals surface area (Å²) in [7, 11) is 0. The lowest BCUT2D eigenvalue weighted by Gasteiger charge is -2.25. The van der Waals surface area contributed by atoms with E-state index in [4.69, 9.17) is 10.5 Å². The number of nitrogen functional groups attached to an aromatic ring is 1. The Balaban J connectivity index is 0.00000450. The molecule has 2 aromatic heterocycles. The van der Waals surface area contributed by atoms with Gasteiger partial charge in [0.2, 0.25) is 6.41 Å². The van der Waals surface area contributed by atoms with Crippen molar-refractivity contribution in [3.05, 3.63) is 11.3 Å². The van der Waals surface area contributed by atoms with Crippen molar-refractivity contribution in [1.82, 2.24) is 25.6 Å². The molecule has 30 heavy (non-hydrogen) atoms. The molecular formula is C20H32ClN7O2. The number of nitrogens with zero attached hydrogens (tertiary/aromatic N) is 3. The molecule has 9 nitrogen and oxygen atoms in total. The summed E-state index contributed by atoms with van der Waals surface area (Å²) < 4.78 is 5.60. The average molecular weight is 438 g/mol. The zero-order chi connectivity index (χ0) is 21.3. The zero-order valence-electron chi connectivity index (χ0n) is 17.9. The molecule has 2 rings (SSSR count). The summed E-state index contributed by atoms with van der Waals surface area (Å²) in [6, 6.07) is 2.45. The van der Waals surface area contributed by atoms with Gasteiger partial charge in [0, 0.05) is 5.56 Å². The molecule has 0 spiro atoms. The van der Waals surface area contributed by atoms with Crippen molar-refractivity contribution in [2.24, 2.45) is 0 Å². The second-order valence-electron chi connectivity index (χ2n) is 7.53. The predicted octanol–water partition coefficient (Wildman–Crippen LogP) is 2.80. The molecule has 0 fully saturated rings. The second-order valence-corrected chi connectivity index (χ2v) is 7.53. The van der Waals surface area contributed by atoms with Crippen LogP contribution in [-0.4, -0.2) is 40.2 Å². The average Bonchev–Trinajstić information content (AvgIpc) is 3.03. The Labute approximate surface area is 183 Å². The molecule has 10 heteroatoms. The van der Waals surface area contributed by atoms with Gasteiger partial charge in [0.05, 0.1) is 12.3 Å². The smallest absolute Gasteiger partial charge is 0.319 e. The van der Waals surface area contributed by atoms with E-state index in [0.717, 1.165) is 44.2 Å². The van der Waals surface area contributed by atoms with Gasteiger partial charge < -0.3 is 20.8 Å². The minimum Gasteiger partial charge on any atom is -0.463 e. The number of rotatable bonds is 13. The fraction of sp³-hybridized carbons (Fsp3) is 0.600. The van der Waals surface area contributed by atoms with E-state index >= 15 is 0 Å². The number of carbonyl (C=O) groups excluding carboxylic acids is 1. The Kier molecular flexibility index (Phi) is 10.4. The molecule has 0 saturated carbocycles. The van der Waals surface area contributed by atoms with Gasteiger partial charge in [0.15, 0.2) is 5.82 Å². The van der Waals surface area contributed by atoms with E-state index in [2.05, 4.69) is 38.6 Å². The maximum Gasteiger partial charge on any atom is 0.319 e. The number of unbranched alkanes of at least 4 members (excludes halogenated alkanes) is 3. The van der Waals surface area contributed by atoms with Crippen molar-refractivity contribution in [2.75, 3.05) is 18.9 Å². The highest BCUT2D eigenvalue weighted by Gasteiger charge is 2.17. The van der Waals surface area contributed by atoms with Gasteiger partial charge in [-0.15, -0.1) is 12.4 Å². The van der Waals surface area contributed by atoms with Crippen LogP contribution in [0.1, 0.15) is 64.1 Å². The number of aromatic nitrogens is 3. The molecular weight excluding hydrogens is 406 g/mol. The molecule has 5 N–H and O–H groups in total. The first kappa shape index (κ1) is 25.5. The van der Waals surface area contributed by atoms with Crippen LogP contribution in [0.4, 0.5) is 5.82 Å². The van der Waals surface area contributed by atoms with Crippen LogP contribution in [-0.2, 0) is 11.2 Å².